The Balaban J connectivity index is 1.95. The fourth-order valence-corrected chi connectivity index (χ4v) is 1.14. The van der Waals surface area contributed by atoms with Crippen molar-refractivity contribution < 1.29 is 4.79 Å². The molecule has 0 saturated heterocycles. The standard InChI is InChI=1S/C8H7ClN6O/c9-6-2-1-5(3-10-6)8(16)11-4-7-12-14-15-13-7/h1-3H,4H2,(H,11,16)(H,12,13,14,15). The molecule has 0 aliphatic heterocycles. The van der Waals surface area contributed by atoms with Crippen molar-refractivity contribution in [1.29, 1.82) is 0 Å². The second kappa shape index (κ2) is 4.67. The fraction of sp³-hybridized carbons (Fsp3) is 0.125. The normalized spacial score (nSPS) is 10.1. The highest BCUT2D eigenvalue weighted by molar-refractivity contribution is 6.29. The maximum atomic E-state index is 11.6. The number of halogens is 1. The van der Waals surface area contributed by atoms with E-state index in [4.69, 9.17) is 11.6 Å². The minimum absolute atomic E-state index is 0.206. The lowest BCUT2D eigenvalue weighted by atomic mass is 10.3. The highest BCUT2D eigenvalue weighted by atomic mass is 35.5. The fourth-order valence-electron chi connectivity index (χ4n) is 1.03. The van der Waals surface area contributed by atoms with Crippen molar-refractivity contribution in [2.45, 2.75) is 6.54 Å². The lowest BCUT2D eigenvalue weighted by Crippen LogP contribution is -2.23. The average molecular weight is 239 g/mol. The Morgan fingerprint density at radius 2 is 2.38 bits per heavy atom. The summed E-state index contributed by atoms with van der Waals surface area (Å²) in [6.07, 6.45) is 1.40. The van der Waals surface area contributed by atoms with Crippen LogP contribution in [0.25, 0.3) is 0 Å². The Hall–Kier alpha value is -2.02. The number of rotatable bonds is 3. The highest BCUT2D eigenvalue weighted by Crippen LogP contribution is 2.04. The third kappa shape index (κ3) is 2.51. The van der Waals surface area contributed by atoms with Crippen molar-refractivity contribution in [3.8, 4) is 0 Å². The van der Waals surface area contributed by atoms with Crippen molar-refractivity contribution in [3.05, 3.63) is 34.9 Å². The van der Waals surface area contributed by atoms with E-state index < -0.39 is 0 Å². The van der Waals surface area contributed by atoms with Crippen LogP contribution in [0.3, 0.4) is 0 Å². The van der Waals surface area contributed by atoms with Gasteiger partial charge in [0.1, 0.15) is 5.15 Å². The molecule has 2 N–H and O–H groups in total. The van der Waals surface area contributed by atoms with Crippen LogP contribution in [0.1, 0.15) is 16.2 Å². The van der Waals surface area contributed by atoms with Gasteiger partial charge in [0.25, 0.3) is 5.91 Å². The average Bonchev–Trinajstić information content (AvgIpc) is 2.80. The summed E-state index contributed by atoms with van der Waals surface area (Å²) in [5.74, 6) is 0.143. The van der Waals surface area contributed by atoms with Gasteiger partial charge in [-0.3, -0.25) is 4.79 Å². The SMILES string of the molecule is O=C(NCc1nn[nH]n1)c1ccc(Cl)nc1. The number of nitrogens with one attached hydrogen (secondary N) is 2. The van der Waals surface area contributed by atoms with E-state index in [0.717, 1.165) is 0 Å². The van der Waals surface area contributed by atoms with Crippen LogP contribution in [0.5, 0.6) is 0 Å². The first kappa shape index (κ1) is 10.5. The van der Waals surface area contributed by atoms with Crippen LogP contribution < -0.4 is 5.32 Å². The summed E-state index contributed by atoms with van der Waals surface area (Å²) in [6, 6.07) is 3.13. The summed E-state index contributed by atoms with van der Waals surface area (Å²) < 4.78 is 0. The summed E-state index contributed by atoms with van der Waals surface area (Å²) in [5.41, 5.74) is 0.424. The zero-order valence-electron chi connectivity index (χ0n) is 8.01. The highest BCUT2D eigenvalue weighted by Gasteiger charge is 2.06. The molecule has 8 heteroatoms. The van der Waals surface area contributed by atoms with Gasteiger partial charge in [0.2, 0.25) is 0 Å². The van der Waals surface area contributed by atoms with Gasteiger partial charge in [0, 0.05) is 6.20 Å². The van der Waals surface area contributed by atoms with Crippen LogP contribution in [0.4, 0.5) is 0 Å². The number of hydrogen-bond donors (Lipinski definition) is 2. The number of aromatic amines is 1. The Morgan fingerprint density at radius 3 is 3.00 bits per heavy atom. The molecule has 82 valence electrons. The van der Waals surface area contributed by atoms with Gasteiger partial charge in [0.05, 0.1) is 12.1 Å². The van der Waals surface area contributed by atoms with E-state index in [-0.39, 0.29) is 12.5 Å². The molecule has 0 aliphatic carbocycles. The second-order valence-corrected chi connectivity index (χ2v) is 3.27. The van der Waals surface area contributed by atoms with Crippen LogP contribution in [-0.2, 0) is 6.54 Å². The van der Waals surface area contributed by atoms with Gasteiger partial charge < -0.3 is 5.32 Å². The van der Waals surface area contributed by atoms with Gasteiger partial charge in [0.15, 0.2) is 5.82 Å². The molecule has 16 heavy (non-hydrogen) atoms. The van der Waals surface area contributed by atoms with Crippen LogP contribution in [0.15, 0.2) is 18.3 Å². The van der Waals surface area contributed by atoms with Gasteiger partial charge in [-0.25, -0.2) is 4.98 Å². The topological polar surface area (TPSA) is 96.5 Å². The molecule has 0 bridgehead atoms. The number of hydrogen-bond acceptors (Lipinski definition) is 5. The third-order valence-electron chi connectivity index (χ3n) is 1.79. The van der Waals surface area contributed by atoms with Gasteiger partial charge >= 0.3 is 0 Å². The van der Waals surface area contributed by atoms with Crippen molar-refractivity contribution in [2.24, 2.45) is 0 Å². The third-order valence-corrected chi connectivity index (χ3v) is 2.01. The predicted molar refractivity (Wildman–Crippen MR) is 54.6 cm³/mol. The quantitative estimate of drug-likeness (QED) is 0.744. The van der Waals surface area contributed by atoms with Crippen LogP contribution in [0, 0.1) is 0 Å². The minimum atomic E-state index is -0.269. The molecular formula is C8H7ClN6O. The van der Waals surface area contributed by atoms with E-state index in [0.29, 0.717) is 16.5 Å². The number of nitrogens with zero attached hydrogens (tertiary/aromatic N) is 4. The van der Waals surface area contributed by atoms with Crippen molar-refractivity contribution in [3.63, 3.8) is 0 Å². The first-order valence-corrected chi connectivity index (χ1v) is 4.75. The summed E-state index contributed by atoms with van der Waals surface area (Å²) >= 11 is 5.60. The van der Waals surface area contributed by atoms with Gasteiger partial charge in [-0.1, -0.05) is 16.8 Å². The Labute approximate surface area is 95.2 Å². The maximum absolute atomic E-state index is 11.6. The summed E-state index contributed by atoms with van der Waals surface area (Å²) in [7, 11) is 0. The number of tetrazole rings is 1. The Morgan fingerprint density at radius 1 is 1.50 bits per heavy atom. The molecule has 0 saturated carbocycles. The van der Waals surface area contributed by atoms with E-state index in [2.05, 4.69) is 30.9 Å². The van der Waals surface area contributed by atoms with E-state index >= 15 is 0 Å². The molecule has 0 unspecified atom stereocenters. The molecule has 0 radical (unpaired) electrons. The largest absolute Gasteiger partial charge is 0.345 e. The van der Waals surface area contributed by atoms with E-state index in [9.17, 15) is 4.79 Å². The Kier molecular flexibility index (Phi) is 3.06. The Bertz CT molecular complexity index is 468. The lowest BCUT2D eigenvalue weighted by Gasteiger charge is -2.01. The predicted octanol–water partition coefficient (Wildman–Crippen LogP) is 0.178. The van der Waals surface area contributed by atoms with Crippen LogP contribution >= 0.6 is 11.6 Å². The molecule has 0 atom stereocenters. The zero-order chi connectivity index (χ0) is 11.4. The molecule has 2 aromatic heterocycles. The number of aromatic nitrogens is 5. The molecule has 0 fully saturated rings. The van der Waals surface area contributed by atoms with Crippen molar-refractivity contribution in [2.75, 3.05) is 0 Å². The summed E-state index contributed by atoms with van der Waals surface area (Å²) in [6.45, 7) is 0.206. The first-order valence-electron chi connectivity index (χ1n) is 4.38. The van der Waals surface area contributed by atoms with Gasteiger partial charge in [-0.2, -0.15) is 5.21 Å². The molecule has 0 aliphatic rings. The monoisotopic (exact) mass is 238 g/mol. The van der Waals surface area contributed by atoms with E-state index in [1.165, 1.54) is 6.20 Å². The molecule has 0 aromatic carbocycles. The van der Waals surface area contributed by atoms with E-state index in [1.807, 2.05) is 0 Å². The zero-order valence-corrected chi connectivity index (χ0v) is 8.77. The molecule has 0 spiro atoms. The molecule has 2 rings (SSSR count). The van der Waals surface area contributed by atoms with Gasteiger partial charge in [-0.15, -0.1) is 10.2 Å². The second-order valence-electron chi connectivity index (χ2n) is 2.88. The minimum Gasteiger partial charge on any atom is -0.345 e. The van der Waals surface area contributed by atoms with Gasteiger partial charge in [-0.05, 0) is 12.1 Å². The van der Waals surface area contributed by atoms with Crippen LogP contribution in [-0.4, -0.2) is 31.5 Å². The smallest absolute Gasteiger partial charge is 0.253 e. The van der Waals surface area contributed by atoms with E-state index in [1.54, 1.807) is 12.1 Å². The number of pyridine rings is 1. The number of amides is 1. The molecule has 2 aromatic rings. The lowest BCUT2D eigenvalue weighted by molar-refractivity contribution is 0.0949. The molecule has 2 heterocycles. The maximum Gasteiger partial charge on any atom is 0.253 e. The summed E-state index contributed by atoms with van der Waals surface area (Å²) in [5, 5.41) is 16.0. The molecular weight excluding hydrogens is 232 g/mol. The van der Waals surface area contributed by atoms with Crippen LogP contribution in [0.2, 0.25) is 5.15 Å². The van der Waals surface area contributed by atoms with Crippen molar-refractivity contribution >= 4 is 17.5 Å². The number of H-pyrrole nitrogens is 1. The number of carbonyl (C=O) groups excluding carboxylic acids is 1. The molecule has 1 amide bonds. The van der Waals surface area contributed by atoms with Crippen molar-refractivity contribution in [1.82, 2.24) is 30.9 Å². The summed E-state index contributed by atoms with van der Waals surface area (Å²) in [4.78, 5) is 15.4. The first-order chi connectivity index (χ1) is 7.75. The molecule has 7 nitrogen and oxygen atoms in total. The number of carbonyl (C=O) groups is 1.